The van der Waals surface area contributed by atoms with Crippen LogP contribution in [0.15, 0.2) is 0 Å². The van der Waals surface area contributed by atoms with Gasteiger partial charge in [0.25, 0.3) is 0 Å². The van der Waals surface area contributed by atoms with Gasteiger partial charge in [-0.2, -0.15) is 0 Å². The van der Waals surface area contributed by atoms with Crippen molar-refractivity contribution in [2.75, 3.05) is 33.3 Å². The molecule has 2 unspecified atom stereocenters. The molecule has 5 aliphatic rings. The van der Waals surface area contributed by atoms with Gasteiger partial charge in [0.2, 0.25) is 0 Å². The van der Waals surface area contributed by atoms with Gasteiger partial charge in [-0.3, -0.25) is 0 Å². The van der Waals surface area contributed by atoms with Gasteiger partial charge in [-0.25, -0.2) is 0 Å². The van der Waals surface area contributed by atoms with Crippen LogP contribution < -0.4 is 5.32 Å². The van der Waals surface area contributed by atoms with Crippen LogP contribution in [0.5, 0.6) is 0 Å². The zero-order valence-electron chi connectivity index (χ0n) is 13.8. The molecule has 21 heavy (non-hydrogen) atoms. The predicted octanol–water partition coefficient (Wildman–Crippen LogP) is 2.51. The van der Waals surface area contributed by atoms with E-state index in [1.54, 1.807) is 19.3 Å². The van der Waals surface area contributed by atoms with Gasteiger partial charge < -0.3 is 15.0 Å². The summed E-state index contributed by atoms with van der Waals surface area (Å²) in [5, 5.41) is 3.46. The van der Waals surface area contributed by atoms with Gasteiger partial charge in [-0.1, -0.05) is 0 Å². The summed E-state index contributed by atoms with van der Waals surface area (Å²) in [5.74, 6) is 3.17. The van der Waals surface area contributed by atoms with Crippen molar-refractivity contribution in [1.82, 2.24) is 10.2 Å². The van der Waals surface area contributed by atoms with Crippen molar-refractivity contribution < 1.29 is 4.74 Å². The zero-order valence-corrected chi connectivity index (χ0v) is 13.8. The smallest absolute Gasteiger partial charge is 0.0826 e. The van der Waals surface area contributed by atoms with E-state index in [2.05, 4.69) is 24.2 Å². The molecule has 5 rings (SSSR count). The third-order valence-corrected chi connectivity index (χ3v) is 7.13. The molecule has 0 aromatic heterocycles. The first-order valence-electron chi connectivity index (χ1n) is 9.17. The third-order valence-electron chi connectivity index (χ3n) is 7.13. The maximum absolute atomic E-state index is 5.91. The molecule has 4 bridgehead atoms. The van der Waals surface area contributed by atoms with Crippen molar-refractivity contribution in [1.29, 1.82) is 0 Å². The number of hydrogen-bond acceptors (Lipinski definition) is 3. The number of ether oxygens (including phenoxy) is 1. The highest BCUT2D eigenvalue weighted by Gasteiger charge is 2.53. The molecule has 5 fully saturated rings. The molecule has 1 N–H and O–H groups in total. The second-order valence-electron chi connectivity index (χ2n) is 8.59. The fourth-order valence-electron chi connectivity index (χ4n) is 6.37. The van der Waals surface area contributed by atoms with Gasteiger partial charge in [0, 0.05) is 25.7 Å². The molecule has 4 aliphatic carbocycles. The van der Waals surface area contributed by atoms with Crippen LogP contribution in [0.25, 0.3) is 0 Å². The molecule has 0 radical (unpaired) electrons. The van der Waals surface area contributed by atoms with Gasteiger partial charge in [-0.05, 0) is 75.7 Å². The molecule has 4 saturated carbocycles. The Bertz CT molecular complexity index is 342. The molecule has 1 heterocycles. The van der Waals surface area contributed by atoms with E-state index in [4.69, 9.17) is 4.74 Å². The minimum atomic E-state index is 0.389. The minimum absolute atomic E-state index is 0.389. The van der Waals surface area contributed by atoms with Crippen LogP contribution in [-0.4, -0.2) is 50.3 Å². The quantitative estimate of drug-likeness (QED) is 0.861. The number of rotatable bonds is 4. The molecular weight excluding hydrogens is 260 g/mol. The lowest BCUT2D eigenvalue weighted by atomic mass is 9.47. The van der Waals surface area contributed by atoms with Crippen LogP contribution in [0.3, 0.4) is 0 Å². The second-order valence-corrected chi connectivity index (χ2v) is 8.59. The molecule has 3 nitrogen and oxygen atoms in total. The molecule has 0 aromatic carbocycles. The highest BCUT2D eigenvalue weighted by Crippen LogP contribution is 2.61. The van der Waals surface area contributed by atoms with E-state index < -0.39 is 0 Å². The topological polar surface area (TPSA) is 24.5 Å². The van der Waals surface area contributed by atoms with Crippen LogP contribution >= 0.6 is 0 Å². The molecule has 120 valence electrons. The normalized spacial score (nSPS) is 47.0. The lowest BCUT2D eigenvalue weighted by molar-refractivity contribution is -0.100. The zero-order chi connectivity index (χ0) is 14.4. The Hall–Kier alpha value is -0.120. The van der Waals surface area contributed by atoms with Crippen LogP contribution in [0.2, 0.25) is 0 Å². The first-order chi connectivity index (χ1) is 10.1. The molecular formula is C18H32N2O. The Balaban J connectivity index is 1.42. The van der Waals surface area contributed by atoms with Crippen LogP contribution in [0.4, 0.5) is 0 Å². The summed E-state index contributed by atoms with van der Waals surface area (Å²) in [6.45, 7) is 6.52. The Kier molecular flexibility index (Phi) is 3.79. The Labute approximate surface area is 129 Å². The van der Waals surface area contributed by atoms with Crippen LogP contribution in [0, 0.1) is 23.2 Å². The SMILES string of the molecule is CC(N(C)CC1CNCCO1)C12CC3CC(CC(C3)C1)C2. The summed E-state index contributed by atoms with van der Waals surface area (Å²) in [4.78, 5) is 2.62. The number of hydrogen-bond donors (Lipinski definition) is 1. The monoisotopic (exact) mass is 292 g/mol. The van der Waals surface area contributed by atoms with Crippen LogP contribution in [0.1, 0.15) is 45.4 Å². The van der Waals surface area contributed by atoms with Crippen molar-refractivity contribution in [3.8, 4) is 0 Å². The summed E-state index contributed by atoms with van der Waals surface area (Å²) in [7, 11) is 2.33. The summed E-state index contributed by atoms with van der Waals surface area (Å²) < 4.78 is 5.91. The predicted molar refractivity (Wildman–Crippen MR) is 85.3 cm³/mol. The highest BCUT2D eigenvalue weighted by molar-refractivity contribution is 5.05. The van der Waals surface area contributed by atoms with Gasteiger partial charge >= 0.3 is 0 Å². The lowest BCUT2D eigenvalue weighted by Gasteiger charge is -2.60. The average Bonchev–Trinajstić information content (AvgIpc) is 2.46. The van der Waals surface area contributed by atoms with Crippen LogP contribution in [-0.2, 0) is 4.74 Å². The fraction of sp³-hybridized carbons (Fsp3) is 1.00. The van der Waals surface area contributed by atoms with Crippen molar-refractivity contribution in [3.05, 3.63) is 0 Å². The van der Waals surface area contributed by atoms with E-state index in [9.17, 15) is 0 Å². The minimum Gasteiger partial charge on any atom is -0.374 e. The largest absolute Gasteiger partial charge is 0.374 e. The lowest BCUT2D eigenvalue weighted by Crippen LogP contribution is -2.57. The highest BCUT2D eigenvalue weighted by atomic mass is 16.5. The van der Waals surface area contributed by atoms with Crippen molar-refractivity contribution >= 4 is 0 Å². The van der Waals surface area contributed by atoms with E-state index >= 15 is 0 Å². The van der Waals surface area contributed by atoms with Crippen molar-refractivity contribution in [3.63, 3.8) is 0 Å². The number of nitrogens with one attached hydrogen (secondary N) is 1. The Morgan fingerprint density at radius 1 is 1.14 bits per heavy atom. The average molecular weight is 292 g/mol. The molecule has 0 aromatic rings. The molecule has 2 atom stereocenters. The van der Waals surface area contributed by atoms with E-state index in [1.807, 2.05) is 0 Å². The maximum Gasteiger partial charge on any atom is 0.0826 e. The Morgan fingerprint density at radius 3 is 2.29 bits per heavy atom. The first kappa shape index (κ1) is 14.5. The summed E-state index contributed by atoms with van der Waals surface area (Å²) >= 11 is 0. The van der Waals surface area contributed by atoms with Crippen molar-refractivity contribution in [2.45, 2.75) is 57.6 Å². The molecule has 0 spiro atoms. The fourth-order valence-corrected chi connectivity index (χ4v) is 6.37. The van der Waals surface area contributed by atoms with Gasteiger partial charge in [0.1, 0.15) is 0 Å². The molecule has 1 saturated heterocycles. The standard InChI is InChI=1S/C18H32N2O/c1-13(20(2)12-17-11-19-3-4-21-17)18-8-14-5-15(9-18)7-16(6-14)10-18/h13-17,19H,3-12H2,1-2H3. The summed E-state index contributed by atoms with van der Waals surface area (Å²) in [6, 6.07) is 0.719. The number of likely N-dealkylation sites (N-methyl/N-ethyl adjacent to an activating group) is 1. The molecule has 0 amide bonds. The first-order valence-corrected chi connectivity index (χ1v) is 9.17. The molecule has 1 aliphatic heterocycles. The van der Waals surface area contributed by atoms with E-state index in [1.165, 1.54) is 19.3 Å². The third kappa shape index (κ3) is 2.66. The van der Waals surface area contributed by atoms with Gasteiger partial charge in [-0.15, -0.1) is 0 Å². The van der Waals surface area contributed by atoms with E-state index in [0.717, 1.165) is 50.0 Å². The Morgan fingerprint density at radius 2 is 1.76 bits per heavy atom. The van der Waals surface area contributed by atoms with Gasteiger partial charge in [0.15, 0.2) is 0 Å². The summed E-state index contributed by atoms with van der Waals surface area (Å²) in [5.41, 5.74) is 0.631. The molecule has 3 heteroatoms. The number of morpholine rings is 1. The maximum atomic E-state index is 5.91. The van der Waals surface area contributed by atoms with Crippen molar-refractivity contribution in [2.24, 2.45) is 23.2 Å². The van der Waals surface area contributed by atoms with Gasteiger partial charge in [0.05, 0.1) is 12.7 Å². The van der Waals surface area contributed by atoms with E-state index in [-0.39, 0.29) is 0 Å². The number of nitrogens with zero attached hydrogens (tertiary/aromatic N) is 1. The second kappa shape index (κ2) is 5.50. The summed E-state index contributed by atoms with van der Waals surface area (Å²) in [6.07, 6.45) is 9.55. The van der Waals surface area contributed by atoms with E-state index in [0.29, 0.717) is 11.5 Å².